The Morgan fingerprint density at radius 3 is 0.769 bits per heavy atom. The Kier molecular flexibility index (Phi) is 27.5. The van der Waals surface area contributed by atoms with Gasteiger partial charge in [-0.2, -0.15) is 0 Å². The van der Waals surface area contributed by atoms with Crippen molar-refractivity contribution in [3.05, 3.63) is 157 Å². The molecule has 78 heavy (non-hydrogen) atoms. The van der Waals surface area contributed by atoms with Gasteiger partial charge in [0.2, 0.25) is 0 Å². The first kappa shape index (κ1) is 63.0. The molecule has 0 fully saturated rings. The van der Waals surface area contributed by atoms with Gasteiger partial charge >= 0.3 is 0 Å². The second-order valence-electron chi connectivity index (χ2n) is 20.7. The summed E-state index contributed by atoms with van der Waals surface area (Å²) >= 11 is 7.80. The number of hydrogen-bond donors (Lipinski definition) is 0. The molecule has 3 unspecified atom stereocenters. The zero-order valence-corrected chi connectivity index (χ0v) is 56.6. The molecule has 6 aromatic rings. The van der Waals surface area contributed by atoms with Crippen molar-refractivity contribution in [2.45, 2.75) is 172 Å². The van der Waals surface area contributed by atoms with Crippen LogP contribution in [0.1, 0.15) is 157 Å². The average molecular weight is 1440 g/mol. The van der Waals surface area contributed by atoms with Gasteiger partial charge in [0.1, 0.15) is 0 Å². The van der Waals surface area contributed by atoms with Gasteiger partial charge in [-0.1, -0.05) is 178 Å². The Balaban J connectivity index is 0.000000170. The van der Waals surface area contributed by atoms with Gasteiger partial charge in [0.15, 0.2) is 0 Å². The smallest absolute Gasteiger partial charge is 0.0777 e. The molecule has 3 heterocycles. The maximum absolute atomic E-state index is 4.89. The van der Waals surface area contributed by atoms with Crippen LogP contribution in [0.4, 0.5) is 34.1 Å². The van der Waals surface area contributed by atoms with E-state index in [2.05, 4.69) is 247 Å². The molecule has 0 N–H and O–H groups in total. The number of fused-ring (bicyclic) bond motifs is 6. The van der Waals surface area contributed by atoms with Crippen LogP contribution in [0, 0.1) is 13.5 Å². The molecule has 6 nitrogen and oxygen atoms in total. The van der Waals surface area contributed by atoms with Gasteiger partial charge in [-0.25, -0.2) is 15.0 Å². The predicted octanol–water partition coefficient (Wildman–Crippen LogP) is 21.2. The third kappa shape index (κ3) is 17.7. The number of rotatable bonds is 27. The van der Waals surface area contributed by atoms with E-state index in [0.717, 1.165) is 33.1 Å². The van der Waals surface area contributed by atoms with E-state index in [4.69, 9.17) is 15.0 Å². The van der Waals surface area contributed by atoms with Gasteiger partial charge in [-0.3, -0.25) is 0 Å². The summed E-state index contributed by atoms with van der Waals surface area (Å²) in [4.78, 5) is 26.6. The van der Waals surface area contributed by atoms with E-state index in [-0.39, 0.29) is 23.0 Å². The van der Waals surface area contributed by atoms with E-state index < -0.39 is 0 Å². The van der Waals surface area contributed by atoms with E-state index in [1.807, 2.05) is 0 Å². The van der Waals surface area contributed by atoms with Crippen LogP contribution < -0.4 is 30.8 Å². The van der Waals surface area contributed by atoms with Crippen molar-refractivity contribution in [3.8, 4) is 0 Å². The van der Waals surface area contributed by atoms with Crippen LogP contribution in [-0.2, 0) is 0 Å². The molecule has 3 aliphatic rings. The number of benzene rings is 6. The monoisotopic (exact) mass is 1440 g/mol. The molecule has 3 aliphatic heterocycles. The highest BCUT2D eigenvalue weighted by Crippen LogP contribution is 2.48. The maximum atomic E-state index is 4.89. The van der Waals surface area contributed by atoms with Gasteiger partial charge in [0, 0.05) is 84.5 Å². The van der Waals surface area contributed by atoms with Gasteiger partial charge in [-0.15, -0.1) is 0 Å². The van der Waals surface area contributed by atoms with Crippen molar-refractivity contribution in [2.24, 2.45) is 15.0 Å². The molecule has 9 rings (SSSR count). The highest BCUT2D eigenvalue weighted by molar-refractivity contribution is 14.2. The lowest BCUT2D eigenvalue weighted by atomic mass is 10.2. The Labute approximate surface area is 513 Å². The van der Waals surface area contributed by atoms with E-state index in [9.17, 15) is 0 Å². The van der Waals surface area contributed by atoms with Crippen LogP contribution in [0.2, 0.25) is 0 Å². The number of halogens is 3. The zero-order valence-electron chi connectivity index (χ0n) is 47.6. The van der Waals surface area contributed by atoms with Crippen LogP contribution in [0.25, 0.3) is 0 Å². The summed E-state index contributed by atoms with van der Waals surface area (Å²) in [6.45, 7) is 20.7. The fourth-order valence-corrected chi connectivity index (χ4v) is 20.4. The molecule has 420 valence electrons. The van der Waals surface area contributed by atoms with Crippen LogP contribution in [0.15, 0.2) is 157 Å². The minimum atomic E-state index is 0.0680. The first-order valence-electron chi connectivity index (χ1n) is 29.5. The molecule has 0 saturated carbocycles. The molecule has 3 atom stereocenters. The van der Waals surface area contributed by atoms with E-state index in [0.29, 0.717) is 0 Å². The maximum Gasteiger partial charge on any atom is 0.0777 e. The van der Waals surface area contributed by atoms with Gasteiger partial charge in [-0.05, 0) is 193 Å². The largest absolute Gasteiger partial charge is 0.372 e. The van der Waals surface area contributed by atoms with Crippen LogP contribution >= 0.6 is 86.6 Å². The molecule has 6 aromatic carbocycles. The molecule has 12 heteroatoms. The van der Waals surface area contributed by atoms with Gasteiger partial charge in [0.25, 0.3) is 0 Å². The second-order valence-corrected chi connectivity index (χ2v) is 32.8. The SMILES string of the molecule is CCCCCN(CCCCC)c1ccc2c(c1)S(I)=c1ccccc1=N2.CCCCCN(CCCCC)c1ccc2c(c1)S(I)=c1ccccc1=N2.CCCCCN(CCCCC)c1ccc2c(c1)S(I)=c1ccccc1=N2. The topological polar surface area (TPSA) is 46.8 Å². The van der Waals surface area contributed by atoms with Crippen molar-refractivity contribution in [1.82, 2.24) is 0 Å². The van der Waals surface area contributed by atoms with Crippen molar-refractivity contribution in [3.63, 3.8) is 0 Å². The molecular formula is C66H87I3N6S3. The number of unbranched alkanes of at least 4 members (excludes halogenated alkanes) is 12. The lowest BCUT2D eigenvalue weighted by molar-refractivity contribution is 0.636. The van der Waals surface area contributed by atoms with Crippen molar-refractivity contribution in [2.75, 3.05) is 54.0 Å². The van der Waals surface area contributed by atoms with E-state index in [1.165, 1.54) is 200 Å². The Morgan fingerprint density at radius 1 is 0.308 bits per heavy atom. The number of para-hydroxylation sites is 3. The summed E-state index contributed by atoms with van der Waals surface area (Å²) in [6, 6.07) is 46.4. The summed E-state index contributed by atoms with van der Waals surface area (Å²) in [5.74, 6) is 0. The third-order valence-electron chi connectivity index (χ3n) is 14.6. The number of hydrogen-bond acceptors (Lipinski definition) is 6. The Morgan fingerprint density at radius 2 is 0.538 bits per heavy atom. The second kappa shape index (κ2) is 34.1. The summed E-state index contributed by atoms with van der Waals surface area (Å²) in [5.41, 5.74) is 7.56. The predicted molar refractivity (Wildman–Crippen MR) is 371 cm³/mol. The van der Waals surface area contributed by atoms with Gasteiger partial charge < -0.3 is 14.7 Å². The molecule has 0 amide bonds. The Hall–Kier alpha value is -2.64. The molecule has 0 aromatic heterocycles. The molecule has 0 bridgehead atoms. The first-order chi connectivity index (χ1) is 38.2. The minimum Gasteiger partial charge on any atom is -0.372 e. The van der Waals surface area contributed by atoms with E-state index >= 15 is 0 Å². The number of nitrogens with zero attached hydrogens (tertiary/aromatic N) is 6. The number of anilines is 3. The highest BCUT2D eigenvalue weighted by atomic mass is 127. The van der Waals surface area contributed by atoms with Gasteiger partial charge in [0.05, 0.1) is 33.1 Å². The standard InChI is InChI=1S/3C22H29IN2S/c3*1-3-5-9-15-25(16-10-6-4-2)18-13-14-20-22(17-18)26(23)21-12-8-7-11-19(21)24-20/h3*7-8,11-14,17H,3-6,9-10,15-16H2,1-2H3. The summed E-state index contributed by atoms with van der Waals surface area (Å²) < 4.78 is 4.09. The average Bonchev–Trinajstić information content (AvgIpc) is 3.52. The fraction of sp³-hybridized carbons (Fsp3) is 0.455. The van der Waals surface area contributed by atoms with E-state index in [1.54, 1.807) is 0 Å². The summed E-state index contributed by atoms with van der Waals surface area (Å²) in [7, 11) is 0.204. The van der Waals surface area contributed by atoms with Crippen molar-refractivity contribution < 1.29 is 0 Å². The molecule has 0 spiro atoms. The zero-order chi connectivity index (χ0) is 55.1. The van der Waals surface area contributed by atoms with Crippen LogP contribution in [-0.4, -0.2) is 39.3 Å². The van der Waals surface area contributed by atoms with Crippen LogP contribution in [0.3, 0.4) is 0 Å². The molecule has 0 radical (unpaired) electrons. The first-order valence-corrected chi connectivity index (χ1v) is 40.8. The molecule has 0 aliphatic carbocycles. The summed E-state index contributed by atoms with van der Waals surface area (Å²) in [6.07, 6.45) is 23.2. The molecule has 0 saturated heterocycles. The summed E-state index contributed by atoms with van der Waals surface area (Å²) in [5, 5.41) is 3.40. The highest BCUT2D eigenvalue weighted by Gasteiger charge is 2.18. The Bertz CT molecular complexity index is 2900. The normalized spacial score (nSPS) is 15.1. The lowest BCUT2D eigenvalue weighted by Gasteiger charge is -2.26. The van der Waals surface area contributed by atoms with Crippen LogP contribution in [0.5, 0.6) is 0 Å². The fourth-order valence-electron chi connectivity index (χ4n) is 10.1. The minimum absolute atomic E-state index is 0.0680. The van der Waals surface area contributed by atoms with Crippen molar-refractivity contribution in [1.29, 1.82) is 0 Å². The third-order valence-corrected chi connectivity index (χ3v) is 27.5. The van der Waals surface area contributed by atoms with Crippen molar-refractivity contribution >= 4 is 121 Å². The molecular weight excluding hydrogens is 1350 g/mol. The lowest BCUT2D eigenvalue weighted by Crippen LogP contribution is -2.25. The quantitative estimate of drug-likeness (QED) is 0.0293.